The Hall–Kier alpha value is -1.52. The zero-order valence-corrected chi connectivity index (χ0v) is 6.82. The molecule has 0 aliphatic rings. The molecule has 0 unspecified atom stereocenters. The number of amides is 1. The predicted molar refractivity (Wildman–Crippen MR) is 42.9 cm³/mol. The smallest absolute Gasteiger partial charge is 0.404 e. The Bertz CT molecular complexity index is 269. The highest BCUT2D eigenvalue weighted by Gasteiger charge is 1.97. The molecule has 1 aromatic heterocycles. The van der Waals surface area contributed by atoms with E-state index in [0.717, 1.165) is 5.56 Å². The first-order chi connectivity index (χ1) is 5.68. The third-order valence-corrected chi connectivity index (χ3v) is 1.45. The molecular weight excluding hydrogens is 158 g/mol. The highest BCUT2D eigenvalue weighted by atomic mass is 16.4. The number of aromatic nitrogens is 2. The molecule has 0 atom stereocenters. The maximum Gasteiger partial charge on any atom is 0.404 e. The highest BCUT2D eigenvalue weighted by Crippen LogP contribution is 1.95. The largest absolute Gasteiger partial charge is 0.465 e. The number of rotatable bonds is 3. The third-order valence-electron chi connectivity index (χ3n) is 1.45. The first-order valence-corrected chi connectivity index (χ1v) is 3.63. The quantitative estimate of drug-likeness (QED) is 0.680. The second-order valence-corrected chi connectivity index (χ2v) is 2.50. The van der Waals surface area contributed by atoms with Gasteiger partial charge in [0.05, 0.1) is 6.20 Å². The average molecular weight is 169 g/mol. The monoisotopic (exact) mass is 169 g/mol. The van der Waals surface area contributed by atoms with Crippen molar-refractivity contribution in [3.63, 3.8) is 0 Å². The van der Waals surface area contributed by atoms with Gasteiger partial charge in [-0.15, -0.1) is 0 Å². The van der Waals surface area contributed by atoms with Crippen LogP contribution in [0.15, 0.2) is 12.4 Å². The van der Waals surface area contributed by atoms with Gasteiger partial charge in [-0.1, -0.05) is 0 Å². The van der Waals surface area contributed by atoms with Gasteiger partial charge in [-0.3, -0.25) is 4.68 Å². The predicted octanol–water partition coefficient (Wildman–Crippen LogP) is 0.230. The van der Waals surface area contributed by atoms with Gasteiger partial charge in [0, 0.05) is 19.8 Å². The van der Waals surface area contributed by atoms with Crippen LogP contribution in [-0.2, 0) is 13.5 Å². The van der Waals surface area contributed by atoms with E-state index < -0.39 is 6.09 Å². The summed E-state index contributed by atoms with van der Waals surface area (Å²) in [5.41, 5.74) is 1.03. The molecule has 0 saturated carbocycles. The van der Waals surface area contributed by atoms with Gasteiger partial charge < -0.3 is 10.4 Å². The van der Waals surface area contributed by atoms with E-state index in [-0.39, 0.29) is 0 Å². The summed E-state index contributed by atoms with van der Waals surface area (Å²) in [4.78, 5) is 10.1. The van der Waals surface area contributed by atoms with Crippen LogP contribution in [0.25, 0.3) is 0 Å². The fourth-order valence-corrected chi connectivity index (χ4v) is 0.915. The lowest BCUT2D eigenvalue weighted by molar-refractivity contribution is 0.194. The molecule has 0 spiro atoms. The molecule has 0 fully saturated rings. The van der Waals surface area contributed by atoms with Crippen LogP contribution in [0.3, 0.4) is 0 Å². The van der Waals surface area contributed by atoms with Gasteiger partial charge >= 0.3 is 6.09 Å². The maximum absolute atomic E-state index is 10.1. The van der Waals surface area contributed by atoms with Crippen LogP contribution in [0.2, 0.25) is 0 Å². The molecule has 1 rings (SSSR count). The van der Waals surface area contributed by atoms with E-state index in [4.69, 9.17) is 5.11 Å². The van der Waals surface area contributed by atoms with E-state index in [1.807, 2.05) is 13.2 Å². The fourth-order valence-electron chi connectivity index (χ4n) is 0.915. The minimum atomic E-state index is -0.987. The van der Waals surface area contributed by atoms with Crippen LogP contribution in [0.1, 0.15) is 5.56 Å². The van der Waals surface area contributed by atoms with Crippen molar-refractivity contribution < 1.29 is 9.90 Å². The molecule has 1 aromatic rings. The fraction of sp³-hybridized carbons (Fsp3) is 0.429. The Morgan fingerprint density at radius 2 is 2.58 bits per heavy atom. The number of nitrogens with one attached hydrogen (secondary N) is 1. The molecular formula is C7H11N3O2. The molecule has 0 aliphatic carbocycles. The van der Waals surface area contributed by atoms with Crippen molar-refractivity contribution in [2.75, 3.05) is 6.54 Å². The second-order valence-electron chi connectivity index (χ2n) is 2.50. The molecule has 0 radical (unpaired) electrons. The molecule has 2 N–H and O–H groups in total. The van der Waals surface area contributed by atoms with Gasteiger partial charge in [-0.2, -0.15) is 5.10 Å². The summed E-state index contributed by atoms with van der Waals surface area (Å²) in [5, 5.41) is 14.5. The van der Waals surface area contributed by atoms with Crippen LogP contribution in [0, 0.1) is 0 Å². The van der Waals surface area contributed by atoms with Gasteiger partial charge in [0.2, 0.25) is 0 Å². The van der Waals surface area contributed by atoms with E-state index in [1.54, 1.807) is 10.9 Å². The summed E-state index contributed by atoms with van der Waals surface area (Å²) in [6.45, 7) is 0.432. The minimum absolute atomic E-state index is 0.432. The Morgan fingerprint density at radius 1 is 1.83 bits per heavy atom. The maximum atomic E-state index is 10.1. The SMILES string of the molecule is Cn1cc(CCNC(=O)O)cn1. The summed E-state index contributed by atoms with van der Waals surface area (Å²) in [6, 6.07) is 0. The molecule has 66 valence electrons. The molecule has 5 nitrogen and oxygen atoms in total. The average Bonchev–Trinajstić information content (AvgIpc) is 2.35. The van der Waals surface area contributed by atoms with Crippen LogP contribution >= 0.6 is 0 Å². The third kappa shape index (κ3) is 2.61. The van der Waals surface area contributed by atoms with Crippen molar-refractivity contribution in [2.24, 2.45) is 7.05 Å². The van der Waals surface area contributed by atoms with Gasteiger partial charge in [0.25, 0.3) is 0 Å². The van der Waals surface area contributed by atoms with Crippen LogP contribution in [0.5, 0.6) is 0 Å². The summed E-state index contributed by atoms with van der Waals surface area (Å²) in [7, 11) is 1.83. The Kier molecular flexibility index (Phi) is 2.68. The van der Waals surface area contributed by atoms with E-state index >= 15 is 0 Å². The number of hydrogen-bond acceptors (Lipinski definition) is 2. The zero-order chi connectivity index (χ0) is 8.97. The van der Waals surface area contributed by atoms with E-state index in [2.05, 4.69) is 10.4 Å². The number of carboxylic acid groups (broad SMARTS) is 1. The topological polar surface area (TPSA) is 67.2 Å². The molecule has 0 bridgehead atoms. The first-order valence-electron chi connectivity index (χ1n) is 3.63. The molecule has 0 aliphatic heterocycles. The molecule has 12 heavy (non-hydrogen) atoms. The molecule has 1 heterocycles. The molecule has 1 amide bonds. The van der Waals surface area contributed by atoms with Gasteiger partial charge in [-0.25, -0.2) is 4.79 Å². The standard InChI is InChI=1S/C7H11N3O2/c1-10-5-6(4-9-10)2-3-8-7(11)12/h4-5,8H,2-3H2,1H3,(H,11,12). The first kappa shape index (κ1) is 8.58. The van der Waals surface area contributed by atoms with Crippen LogP contribution in [0.4, 0.5) is 4.79 Å². The number of nitrogens with zero attached hydrogens (tertiary/aromatic N) is 2. The Balaban J connectivity index is 2.29. The van der Waals surface area contributed by atoms with Gasteiger partial charge in [0.1, 0.15) is 0 Å². The van der Waals surface area contributed by atoms with Gasteiger partial charge in [0.15, 0.2) is 0 Å². The van der Waals surface area contributed by atoms with E-state index in [0.29, 0.717) is 13.0 Å². The summed E-state index contributed by atoms with van der Waals surface area (Å²) < 4.78 is 1.69. The zero-order valence-electron chi connectivity index (χ0n) is 6.82. The highest BCUT2D eigenvalue weighted by molar-refractivity contribution is 5.64. The van der Waals surface area contributed by atoms with Gasteiger partial charge in [-0.05, 0) is 12.0 Å². The molecule has 5 heteroatoms. The summed E-state index contributed by atoms with van der Waals surface area (Å²) in [6.07, 6.45) is 3.28. The lowest BCUT2D eigenvalue weighted by atomic mass is 10.2. The van der Waals surface area contributed by atoms with Crippen molar-refractivity contribution in [1.82, 2.24) is 15.1 Å². The van der Waals surface area contributed by atoms with Crippen LogP contribution in [-0.4, -0.2) is 27.5 Å². The van der Waals surface area contributed by atoms with E-state index in [9.17, 15) is 4.79 Å². The minimum Gasteiger partial charge on any atom is -0.465 e. The number of carbonyl (C=O) groups is 1. The molecule has 0 aromatic carbocycles. The van der Waals surface area contributed by atoms with Crippen molar-refractivity contribution in [3.8, 4) is 0 Å². The normalized spacial score (nSPS) is 9.75. The second kappa shape index (κ2) is 3.75. The van der Waals surface area contributed by atoms with Crippen molar-refractivity contribution in [1.29, 1.82) is 0 Å². The van der Waals surface area contributed by atoms with Crippen molar-refractivity contribution in [2.45, 2.75) is 6.42 Å². The number of hydrogen-bond donors (Lipinski definition) is 2. The van der Waals surface area contributed by atoms with Crippen LogP contribution < -0.4 is 5.32 Å². The summed E-state index contributed by atoms with van der Waals surface area (Å²) in [5.74, 6) is 0. The summed E-state index contributed by atoms with van der Waals surface area (Å²) >= 11 is 0. The lowest BCUT2D eigenvalue weighted by Gasteiger charge is -1.96. The Morgan fingerprint density at radius 3 is 3.08 bits per heavy atom. The van der Waals surface area contributed by atoms with Crippen molar-refractivity contribution >= 4 is 6.09 Å². The molecule has 0 saturated heterocycles. The van der Waals surface area contributed by atoms with E-state index in [1.165, 1.54) is 0 Å². The number of aryl methyl sites for hydroxylation is 1. The lowest BCUT2D eigenvalue weighted by Crippen LogP contribution is -2.23. The Labute approximate surface area is 70.0 Å². The van der Waals surface area contributed by atoms with Crippen molar-refractivity contribution in [3.05, 3.63) is 18.0 Å².